The molecule has 8 heteroatoms. The fourth-order valence-corrected chi connectivity index (χ4v) is 5.68. The van der Waals surface area contributed by atoms with Gasteiger partial charge < -0.3 is 15.4 Å². The maximum Gasteiger partial charge on any atom is 0.248 e. The lowest BCUT2D eigenvalue weighted by atomic mass is 9.68. The minimum absolute atomic E-state index is 0.0240. The molecule has 1 aliphatic carbocycles. The molecular formula is C25H33ClN2O4S. The van der Waals surface area contributed by atoms with E-state index in [1.54, 1.807) is 18.2 Å². The molecule has 2 aromatic carbocycles. The number of amides is 1. The number of hydrogen-bond donors (Lipinski definition) is 1. The second-order valence-electron chi connectivity index (χ2n) is 8.92. The number of carbonyl (C=O) groups is 1. The first-order valence-corrected chi connectivity index (χ1v) is 13.5. The molecule has 1 fully saturated rings. The van der Waals surface area contributed by atoms with Gasteiger partial charge >= 0.3 is 0 Å². The maximum atomic E-state index is 12.9. The highest BCUT2D eigenvalue weighted by Crippen LogP contribution is 2.41. The molecule has 0 spiro atoms. The Kier molecular flexibility index (Phi) is 8.56. The van der Waals surface area contributed by atoms with Crippen LogP contribution in [0.1, 0.15) is 36.8 Å². The molecule has 0 heterocycles. The predicted octanol–water partition coefficient (Wildman–Crippen LogP) is 3.60. The third-order valence-electron chi connectivity index (χ3n) is 6.74. The van der Waals surface area contributed by atoms with Crippen LogP contribution in [0.15, 0.2) is 53.4 Å². The smallest absolute Gasteiger partial charge is 0.248 e. The number of ether oxygens (including phenoxy) is 1. The van der Waals surface area contributed by atoms with E-state index in [0.29, 0.717) is 29.4 Å². The Bertz CT molecular complexity index is 1070. The minimum Gasteiger partial charge on any atom is -0.375 e. The Morgan fingerprint density at radius 3 is 2.48 bits per heavy atom. The van der Waals surface area contributed by atoms with E-state index in [9.17, 15) is 13.2 Å². The molecule has 0 saturated heterocycles. The summed E-state index contributed by atoms with van der Waals surface area (Å²) in [6.07, 6.45) is 5.19. The van der Waals surface area contributed by atoms with Gasteiger partial charge in [-0.1, -0.05) is 35.9 Å². The van der Waals surface area contributed by atoms with Crippen LogP contribution < -0.4 is 5.73 Å². The summed E-state index contributed by atoms with van der Waals surface area (Å²) in [6.45, 7) is 1.06. The van der Waals surface area contributed by atoms with Gasteiger partial charge in [0.25, 0.3) is 0 Å². The third kappa shape index (κ3) is 6.35. The van der Waals surface area contributed by atoms with Crippen molar-refractivity contribution >= 4 is 27.3 Å². The van der Waals surface area contributed by atoms with E-state index in [4.69, 9.17) is 22.1 Å². The van der Waals surface area contributed by atoms with Crippen molar-refractivity contribution in [1.29, 1.82) is 0 Å². The number of nitrogens with two attached hydrogens (primary N) is 1. The van der Waals surface area contributed by atoms with Gasteiger partial charge in [0, 0.05) is 42.9 Å². The van der Waals surface area contributed by atoms with Crippen LogP contribution in [0.3, 0.4) is 0 Å². The van der Waals surface area contributed by atoms with Gasteiger partial charge in [-0.15, -0.1) is 0 Å². The monoisotopic (exact) mass is 492 g/mol. The van der Waals surface area contributed by atoms with E-state index >= 15 is 0 Å². The second-order valence-corrected chi connectivity index (χ2v) is 11.4. The average molecular weight is 493 g/mol. The Labute approximate surface area is 202 Å². The second kappa shape index (κ2) is 11.0. The van der Waals surface area contributed by atoms with Gasteiger partial charge in [0.15, 0.2) is 9.84 Å². The molecule has 0 radical (unpaired) electrons. The summed E-state index contributed by atoms with van der Waals surface area (Å²) in [5.74, 6) is -0.0511. The zero-order valence-electron chi connectivity index (χ0n) is 19.3. The van der Waals surface area contributed by atoms with Crippen LogP contribution in [0.25, 0.3) is 0 Å². The van der Waals surface area contributed by atoms with Gasteiger partial charge in [-0.2, -0.15) is 0 Å². The van der Waals surface area contributed by atoms with Gasteiger partial charge in [-0.3, -0.25) is 4.79 Å². The summed E-state index contributed by atoms with van der Waals surface area (Å²) in [7, 11) is -1.76. The van der Waals surface area contributed by atoms with E-state index < -0.39 is 9.84 Å². The van der Waals surface area contributed by atoms with Gasteiger partial charge in [0.2, 0.25) is 5.91 Å². The molecule has 6 nitrogen and oxygen atoms in total. The predicted molar refractivity (Wildman–Crippen MR) is 131 cm³/mol. The number of benzene rings is 2. The Morgan fingerprint density at radius 2 is 1.88 bits per heavy atom. The summed E-state index contributed by atoms with van der Waals surface area (Å²) >= 11 is 6.23. The topological polar surface area (TPSA) is 89.7 Å². The average Bonchev–Trinajstić information content (AvgIpc) is 2.79. The fraction of sp³-hybridized carbons (Fsp3) is 0.480. The highest BCUT2D eigenvalue weighted by Gasteiger charge is 2.38. The summed E-state index contributed by atoms with van der Waals surface area (Å²) in [6, 6.07) is 14.9. The van der Waals surface area contributed by atoms with Crippen LogP contribution in [0.4, 0.5) is 0 Å². The molecule has 2 aromatic rings. The number of halogens is 1. The zero-order valence-corrected chi connectivity index (χ0v) is 20.9. The van der Waals surface area contributed by atoms with Crippen LogP contribution in [-0.2, 0) is 31.2 Å². The number of sulfone groups is 1. The SMILES string of the molecule is COCC(=O)N(CCc1cccc(S(C)(=O)=O)c1)C1CCC(CN)(c2cccc(Cl)c2)CC1. The molecule has 0 unspecified atom stereocenters. The van der Waals surface area contributed by atoms with Crippen molar-refractivity contribution in [2.45, 2.75) is 48.5 Å². The van der Waals surface area contributed by atoms with Crippen LogP contribution in [-0.4, -0.2) is 58.3 Å². The van der Waals surface area contributed by atoms with Crippen molar-refractivity contribution < 1.29 is 17.9 Å². The van der Waals surface area contributed by atoms with E-state index in [1.165, 1.54) is 13.4 Å². The first-order valence-electron chi connectivity index (χ1n) is 11.2. The molecule has 0 atom stereocenters. The van der Waals surface area contributed by atoms with Crippen molar-refractivity contribution in [2.75, 3.05) is 33.1 Å². The van der Waals surface area contributed by atoms with Crippen molar-refractivity contribution in [3.8, 4) is 0 Å². The lowest BCUT2D eigenvalue weighted by molar-refractivity contribution is -0.138. The Hall–Kier alpha value is -1.93. The number of methoxy groups -OCH3 is 1. The van der Waals surface area contributed by atoms with E-state index in [2.05, 4.69) is 6.07 Å². The largest absolute Gasteiger partial charge is 0.375 e. The molecule has 3 rings (SSSR count). The van der Waals surface area contributed by atoms with Crippen LogP contribution in [0.2, 0.25) is 5.02 Å². The van der Waals surface area contributed by atoms with E-state index in [1.807, 2.05) is 29.2 Å². The van der Waals surface area contributed by atoms with Gasteiger partial charge in [0.1, 0.15) is 6.61 Å². The molecule has 1 amide bonds. The highest BCUT2D eigenvalue weighted by molar-refractivity contribution is 7.90. The quantitative estimate of drug-likeness (QED) is 0.577. The number of hydrogen-bond acceptors (Lipinski definition) is 5. The minimum atomic E-state index is -3.28. The van der Waals surface area contributed by atoms with Crippen LogP contribution in [0, 0.1) is 0 Å². The first-order chi connectivity index (χ1) is 15.7. The molecule has 33 heavy (non-hydrogen) atoms. The van der Waals surface area contributed by atoms with E-state index in [-0.39, 0.29) is 24.0 Å². The highest BCUT2D eigenvalue weighted by atomic mass is 35.5. The Morgan fingerprint density at radius 1 is 1.18 bits per heavy atom. The summed E-state index contributed by atoms with van der Waals surface area (Å²) < 4.78 is 28.9. The maximum absolute atomic E-state index is 12.9. The van der Waals surface area contributed by atoms with Crippen molar-refractivity contribution in [3.05, 3.63) is 64.7 Å². The summed E-state index contributed by atoms with van der Waals surface area (Å²) in [5.41, 5.74) is 8.15. The first kappa shape index (κ1) is 25.7. The molecule has 0 aliphatic heterocycles. The van der Waals surface area contributed by atoms with Crippen LogP contribution >= 0.6 is 11.6 Å². The molecule has 1 saturated carbocycles. The van der Waals surface area contributed by atoms with Gasteiger partial charge in [-0.25, -0.2) is 8.42 Å². The lowest BCUT2D eigenvalue weighted by Crippen LogP contribution is -2.49. The fourth-order valence-electron chi connectivity index (χ4n) is 4.79. The Balaban J connectivity index is 1.74. The summed E-state index contributed by atoms with van der Waals surface area (Å²) in [4.78, 5) is 15.1. The number of carbonyl (C=O) groups excluding carboxylic acids is 1. The number of rotatable bonds is 9. The van der Waals surface area contributed by atoms with Crippen molar-refractivity contribution in [3.63, 3.8) is 0 Å². The molecule has 2 N–H and O–H groups in total. The lowest BCUT2D eigenvalue weighted by Gasteiger charge is -2.43. The normalized spacial score (nSPS) is 21.0. The molecule has 0 aromatic heterocycles. The molecule has 180 valence electrons. The standard InChI is InChI=1S/C25H33ClN2O4S/c1-32-17-24(29)28(14-11-19-5-3-8-23(15-19)33(2,30)31)22-9-12-25(18-27,13-10-22)20-6-4-7-21(26)16-20/h3-8,15-16,22H,9-14,17-18,27H2,1-2H3. The molecule has 1 aliphatic rings. The van der Waals surface area contributed by atoms with E-state index in [0.717, 1.165) is 36.8 Å². The molecule has 0 bridgehead atoms. The zero-order chi connectivity index (χ0) is 24.1. The number of nitrogens with zero attached hydrogens (tertiary/aromatic N) is 1. The van der Waals surface area contributed by atoms with Crippen molar-refractivity contribution in [2.24, 2.45) is 5.73 Å². The molecular weight excluding hydrogens is 460 g/mol. The van der Waals surface area contributed by atoms with Crippen molar-refractivity contribution in [1.82, 2.24) is 4.90 Å². The van der Waals surface area contributed by atoms with Crippen LogP contribution in [0.5, 0.6) is 0 Å². The van der Waals surface area contributed by atoms with Gasteiger partial charge in [0.05, 0.1) is 4.90 Å². The summed E-state index contributed by atoms with van der Waals surface area (Å²) in [5, 5.41) is 0.704. The van der Waals surface area contributed by atoms with Gasteiger partial charge in [-0.05, 0) is 67.5 Å². The third-order valence-corrected chi connectivity index (χ3v) is 8.08.